The van der Waals surface area contributed by atoms with E-state index in [9.17, 15) is 9.59 Å². The van der Waals surface area contributed by atoms with Crippen LogP contribution < -0.4 is 10.1 Å². The molecule has 0 saturated heterocycles. The van der Waals surface area contributed by atoms with E-state index in [1.807, 2.05) is 12.1 Å². The number of fused-ring (bicyclic) bond motifs is 1. The second-order valence-electron chi connectivity index (χ2n) is 9.28. The maximum absolute atomic E-state index is 13.1. The Bertz CT molecular complexity index is 1010. The maximum Gasteiger partial charge on any atom is 0.260 e. The lowest BCUT2D eigenvalue weighted by Crippen LogP contribution is -2.41. The third kappa shape index (κ3) is 4.32. The van der Waals surface area contributed by atoms with Crippen LogP contribution in [0.15, 0.2) is 42.5 Å². The number of hydrogen-bond donors (Lipinski definition) is 1. The molecule has 0 radical (unpaired) electrons. The molecular formula is C26H30N2O3. The van der Waals surface area contributed by atoms with Gasteiger partial charge in [0, 0.05) is 18.5 Å². The van der Waals surface area contributed by atoms with Crippen molar-refractivity contribution in [2.75, 3.05) is 6.54 Å². The Labute approximate surface area is 183 Å². The monoisotopic (exact) mass is 418 g/mol. The molecule has 0 spiro atoms. The van der Waals surface area contributed by atoms with E-state index >= 15 is 0 Å². The fraction of sp³-hybridized carbons (Fsp3) is 0.462. The van der Waals surface area contributed by atoms with Gasteiger partial charge in [-0.05, 0) is 74.8 Å². The van der Waals surface area contributed by atoms with Crippen molar-refractivity contribution in [1.82, 2.24) is 10.2 Å². The van der Waals surface area contributed by atoms with Crippen molar-refractivity contribution in [1.29, 1.82) is 0 Å². The molecule has 2 amide bonds. The highest BCUT2D eigenvalue weighted by Gasteiger charge is 2.39. The van der Waals surface area contributed by atoms with Crippen molar-refractivity contribution in [3.8, 4) is 5.75 Å². The molecule has 2 saturated carbocycles. The highest BCUT2D eigenvalue weighted by molar-refractivity contribution is 5.82. The molecule has 2 aromatic rings. The van der Waals surface area contributed by atoms with E-state index < -0.39 is 6.10 Å². The summed E-state index contributed by atoms with van der Waals surface area (Å²) in [6.07, 6.45) is 4.40. The Morgan fingerprint density at radius 1 is 1.10 bits per heavy atom. The summed E-state index contributed by atoms with van der Waals surface area (Å²) in [7, 11) is 0. The molecule has 5 heteroatoms. The van der Waals surface area contributed by atoms with E-state index in [1.165, 1.54) is 11.1 Å². The van der Waals surface area contributed by atoms with Crippen LogP contribution in [0.5, 0.6) is 5.75 Å². The molecule has 1 aliphatic heterocycles. The van der Waals surface area contributed by atoms with Gasteiger partial charge in [-0.1, -0.05) is 35.9 Å². The van der Waals surface area contributed by atoms with Crippen LogP contribution in [0.1, 0.15) is 60.9 Å². The zero-order chi connectivity index (χ0) is 21.5. The number of carbonyl (C=O) groups excluding carboxylic acids is 2. The molecule has 2 atom stereocenters. The first-order chi connectivity index (χ1) is 15.0. The zero-order valence-electron chi connectivity index (χ0n) is 18.3. The second-order valence-corrected chi connectivity index (χ2v) is 9.28. The van der Waals surface area contributed by atoms with Gasteiger partial charge < -0.3 is 15.0 Å². The van der Waals surface area contributed by atoms with Crippen molar-refractivity contribution < 1.29 is 14.3 Å². The van der Waals surface area contributed by atoms with Gasteiger partial charge in [-0.2, -0.15) is 0 Å². The summed E-state index contributed by atoms with van der Waals surface area (Å²) in [5, 5.41) is 3.00. The summed E-state index contributed by atoms with van der Waals surface area (Å²) in [5.41, 5.74) is 4.67. The van der Waals surface area contributed by atoms with Crippen LogP contribution in [-0.2, 0) is 16.0 Å². The molecule has 3 aliphatic rings. The van der Waals surface area contributed by atoms with E-state index in [2.05, 4.69) is 47.5 Å². The molecular weight excluding hydrogens is 388 g/mol. The molecule has 1 N–H and O–H groups in total. The zero-order valence-corrected chi connectivity index (χ0v) is 18.3. The first-order valence-electron chi connectivity index (χ1n) is 11.5. The van der Waals surface area contributed by atoms with Crippen LogP contribution in [0.3, 0.4) is 0 Å². The van der Waals surface area contributed by atoms with Crippen LogP contribution in [0, 0.1) is 12.8 Å². The van der Waals surface area contributed by atoms with E-state index in [1.54, 1.807) is 6.92 Å². The van der Waals surface area contributed by atoms with Crippen molar-refractivity contribution in [3.05, 3.63) is 64.7 Å². The van der Waals surface area contributed by atoms with Crippen LogP contribution >= 0.6 is 0 Å². The average Bonchev–Trinajstić information content (AvgIpc) is 3.67. The van der Waals surface area contributed by atoms with Gasteiger partial charge in [0.15, 0.2) is 6.10 Å². The van der Waals surface area contributed by atoms with Gasteiger partial charge in [-0.15, -0.1) is 0 Å². The molecule has 5 nitrogen and oxygen atoms in total. The first kappa shape index (κ1) is 20.1. The number of hydrogen-bond acceptors (Lipinski definition) is 3. The lowest BCUT2D eigenvalue weighted by atomic mass is 9.87. The third-order valence-corrected chi connectivity index (χ3v) is 6.52. The minimum atomic E-state index is -0.552. The molecule has 2 aromatic carbocycles. The summed E-state index contributed by atoms with van der Waals surface area (Å²) < 4.78 is 6.02. The van der Waals surface area contributed by atoms with Gasteiger partial charge in [-0.25, -0.2) is 0 Å². The molecule has 31 heavy (non-hydrogen) atoms. The Kier molecular flexibility index (Phi) is 5.20. The molecule has 2 fully saturated rings. The summed E-state index contributed by atoms with van der Waals surface area (Å²) in [5.74, 6) is 1.05. The highest BCUT2D eigenvalue weighted by atomic mass is 16.5. The summed E-state index contributed by atoms with van der Waals surface area (Å²) >= 11 is 0. The fourth-order valence-corrected chi connectivity index (χ4v) is 4.47. The number of amides is 2. The van der Waals surface area contributed by atoms with Crippen molar-refractivity contribution in [3.63, 3.8) is 0 Å². The van der Waals surface area contributed by atoms with Gasteiger partial charge in [0.05, 0.1) is 6.04 Å². The molecule has 162 valence electrons. The molecule has 0 unspecified atom stereocenters. The van der Waals surface area contributed by atoms with Gasteiger partial charge in [0.2, 0.25) is 5.91 Å². The van der Waals surface area contributed by atoms with Crippen LogP contribution in [0.2, 0.25) is 0 Å². The topological polar surface area (TPSA) is 58.6 Å². The van der Waals surface area contributed by atoms with Gasteiger partial charge >= 0.3 is 0 Å². The van der Waals surface area contributed by atoms with E-state index in [-0.39, 0.29) is 23.8 Å². The lowest BCUT2D eigenvalue weighted by molar-refractivity contribution is -0.134. The number of carbonyl (C=O) groups is 2. The Morgan fingerprint density at radius 2 is 1.90 bits per heavy atom. The first-order valence-corrected chi connectivity index (χ1v) is 11.5. The average molecular weight is 419 g/mol. The molecule has 5 rings (SSSR count). The van der Waals surface area contributed by atoms with E-state index in [0.29, 0.717) is 11.8 Å². The quantitative estimate of drug-likeness (QED) is 0.773. The van der Waals surface area contributed by atoms with Gasteiger partial charge in [0.25, 0.3) is 5.91 Å². The minimum Gasteiger partial charge on any atom is -0.481 e. The number of nitrogens with one attached hydrogen (secondary N) is 1. The van der Waals surface area contributed by atoms with Crippen LogP contribution in [0.25, 0.3) is 0 Å². The van der Waals surface area contributed by atoms with E-state index in [0.717, 1.165) is 49.8 Å². The predicted molar refractivity (Wildman–Crippen MR) is 119 cm³/mol. The smallest absolute Gasteiger partial charge is 0.260 e. The molecule has 0 bridgehead atoms. The largest absolute Gasteiger partial charge is 0.481 e. The molecule has 0 aromatic heterocycles. The Hall–Kier alpha value is -2.82. The number of nitrogens with zero attached hydrogens (tertiary/aromatic N) is 1. The molecule has 2 aliphatic carbocycles. The normalized spacial score (nSPS) is 21.2. The van der Waals surface area contributed by atoms with Crippen LogP contribution in [0.4, 0.5) is 0 Å². The fourth-order valence-electron chi connectivity index (χ4n) is 4.47. The van der Waals surface area contributed by atoms with Gasteiger partial charge in [-0.3, -0.25) is 9.59 Å². The summed E-state index contributed by atoms with van der Waals surface area (Å²) in [6.45, 7) is 4.61. The lowest BCUT2D eigenvalue weighted by Gasteiger charge is -2.38. The third-order valence-electron chi connectivity index (χ3n) is 6.52. The summed E-state index contributed by atoms with van der Waals surface area (Å²) in [4.78, 5) is 27.5. The number of aryl methyl sites for hydroxylation is 1. The second kappa shape index (κ2) is 8.03. The number of ether oxygens (including phenoxy) is 1. The SMILES string of the molecule is Cc1cccc([C@H]2c3cc(O[C@@H](C)C(=O)NC4CC4)ccc3CCN2C(=O)C2CC2)c1. The summed E-state index contributed by atoms with van der Waals surface area (Å²) in [6, 6.07) is 14.7. The maximum atomic E-state index is 13.1. The number of benzene rings is 2. The van der Waals surface area contributed by atoms with Crippen molar-refractivity contribution in [2.45, 2.75) is 64.1 Å². The Balaban J connectivity index is 1.46. The molecule has 1 heterocycles. The van der Waals surface area contributed by atoms with E-state index in [4.69, 9.17) is 4.74 Å². The van der Waals surface area contributed by atoms with Crippen molar-refractivity contribution >= 4 is 11.8 Å². The van der Waals surface area contributed by atoms with Gasteiger partial charge in [0.1, 0.15) is 5.75 Å². The predicted octanol–water partition coefficient (Wildman–Crippen LogP) is 3.93. The van der Waals surface area contributed by atoms with Crippen molar-refractivity contribution in [2.24, 2.45) is 5.92 Å². The highest BCUT2D eigenvalue weighted by Crippen LogP contribution is 2.41. The Morgan fingerprint density at radius 3 is 2.61 bits per heavy atom. The van der Waals surface area contributed by atoms with Crippen LogP contribution in [-0.4, -0.2) is 35.4 Å². The minimum absolute atomic E-state index is 0.0685. The standard InChI is InChI=1S/C26H30N2O3/c1-16-4-3-5-20(14-16)24-23-15-22(31-17(2)25(29)27-21-9-10-21)11-8-18(23)12-13-28(24)26(30)19-6-7-19/h3-5,8,11,14-15,17,19,21,24H,6-7,9-10,12-13H2,1-2H3,(H,27,29)/t17-,24-/m0/s1. The number of rotatable bonds is 6.